The van der Waals surface area contributed by atoms with Gasteiger partial charge in [0, 0.05) is 30.1 Å². The number of amides is 2. The Labute approximate surface area is 158 Å². The van der Waals surface area contributed by atoms with Crippen LogP contribution >= 0.6 is 0 Å². The maximum atomic E-state index is 13.1. The molecule has 1 fully saturated rings. The van der Waals surface area contributed by atoms with Gasteiger partial charge >= 0.3 is 0 Å². The molecule has 4 rings (SSSR count). The van der Waals surface area contributed by atoms with Crippen molar-refractivity contribution in [3.05, 3.63) is 41.7 Å². The van der Waals surface area contributed by atoms with E-state index >= 15 is 0 Å². The van der Waals surface area contributed by atoms with E-state index in [2.05, 4.69) is 16.5 Å². The van der Waals surface area contributed by atoms with Crippen molar-refractivity contribution in [1.82, 2.24) is 5.16 Å². The minimum atomic E-state index is -0.0697. The normalized spacial score (nSPS) is 22.2. The number of carbonyl (C=O) groups is 2. The van der Waals surface area contributed by atoms with Crippen LogP contribution < -0.4 is 10.2 Å². The van der Waals surface area contributed by atoms with Gasteiger partial charge in [0.15, 0.2) is 5.82 Å². The second-order valence-electron chi connectivity index (χ2n) is 7.58. The predicted molar refractivity (Wildman–Crippen MR) is 102 cm³/mol. The van der Waals surface area contributed by atoms with E-state index in [4.69, 9.17) is 4.52 Å². The number of hydrogen-bond acceptors (Lipinski definition) is 4. The Balaban J connectivity index is 1.35. The summed E-state index contributed by atoms with van der Waals surface area (Å²) in [5.41, 5.74) is 2.32. The molecule has 0 radical (unpaired) electrons. The first-order valence-electron chi connectivity index (χ1n) is 9.75. The van der Waals surface area contributed by atoms with E-state index < -0.39 is 0 Å². The SMILES string of the molecule is Cc1cc(NC(=O)C2CCC(C(=O)N3CCCc4ccccc43)CC2)no1. The summed E-state index contributed by atoms with van der Waals surface area (Å²) in [6.07, 6.45) is 5.02. The molecular weight excluding hydrogens is 342 g/mol. The van der Waals surface area contributed by atoms with Crippen molar-refractivity contribution in [2.75, 3.05) is 16.8 Å². The average molecular weight is 367 g/mol. The van der Waals surface area contributed by atoms with Gasteiger partial charge < -0.3 is 14.7 Å². The molecular formula is C21H25N3O3. The molecule has 1 aliphatic heterocycles. The number of aryl methyl sites for hydroxylation is 2. The lowest BCUT2D eigenvalue weighted by Crippen LogP contribution is -2.41. The first-order valence-corrected chi connectivity index (χ1v) is 9.75. The minimum Gasteiger partial charge on any atom is -0.360 e. The van der Waals surface area contributed by atoms with Crippen LogP contribution in [0.25, 0.3) is 0 Å². The Bertz CT molecular complexity index is 837. The third kappa shape index (κ3) is 3.75. The van der Waals surface area contributed by atoms with E-state index in [9.17, 15) is 9.59 Å². The maximum Gasteiger partial charge on any atom is 0.230 e. The molecule has 0 atom stereocenters. The maximum absolute atomic E-state index is 13.1. The van der Waals surface area contributed by atoms with E-state index in [0.29, 0.717) is 11.6 Å². The van der Waals surface area contributed by atoms with Crippen molar-refractivity contribution in [3.63, 3.8) is 0 Å². The second-order valence-corrected chi connectivity index (χ2v) is 7.58. The molecule has 2 heterocycles. The van der Waals surface area contributed by atoms with Gasteiger partial charge in [-0.2, -0.15) is 0 Å². The zero-order valence-corrected chi connectivity index (χ0v) is 15.6. The number of carbonyl (C=O) groups excluding carboxylic acids is 2. The van der Waals surface area contributed by atoms with Gasteiger partial charge in [0.2, 0.25) is 11.8 Å². The van der Waals surface area contributed by atoms with E-state index in [0.717, 1.165) is 50.8 Å². The van der Waals surface area contributed by atoms with Gasteiger partial charge in [-0.25, -0.2) is 0 Å². The summed E-state index contributed by atoms with van der Waals surface area (Å²) in [6.45, 7) is 2.58. The zero-order valence-electron chi connectivity index (χ0n) is 15.6. The van der Waals surface area contributed by atoms with Crippen molar-refractivity contribution < 1.29 is 14.1 Å². The summed E-state index contributed by atoms with van der Waals surface area (Å²) in [4.78, 5) is 27.5. The lowest BCUT2D eigenvalue weighted by Gasteiger charge is -2.34. The summed E-state index contributed by atoms with van der Waals surface area (Å²) in [5.74, 6) is 1.25. The molecule has 1 aromatic heterocycles. The summed E-state index contributed by atoms with van der Waals surface area (Å²) in [5, 5.41) is 6.62. The smallest absolute Gasteiger partial charge is 0.230 e. The lowest BCUT2D eigenvalue weighted by molar-refractivity contribution is -0.126. The molecule has 2 amide bonds. The number of nitrogens with zero attached hydrogens (tertiary/aromatic N) is 2. The van der Waals surface area contributed by atoms with Gasteiger partial charge in [0.05, 0.1) is 0 Å². The quantitative estimate of drug-likeness (QED) is 0.897. The molecule has 0 spiro atoms. The van der Waals surface area contributed by atoms with Crippen LogP contribution in [-0.4, -0.2) is 23.5 Å². The first kappa shape index (κ1) is 17.8. The Morgan fingerprint density at radius 1 is 1.15 bits per heavy atom. The highest BCUT2D eigenvalue weighted by atomic mass is 16.5. The van der Waals surface area contributed by atoms with E-state index in [1.807, 2.05) is 23.1 Å². The van der Waals surface area contributed by atoms with Crippen LogP contribution in [0, 0.1) is 18.8 Å². The summed E-state index contributed by atoms with van der Waals surface area (Å²) >= 11 is 0. The number of fused-ring (bicyclic) bond motifs is 1. The fraction of sp³-hybridized carbons (Fsp3) is 0.476. The van der Waals surface area contributed by atoms with Crippen LogP contribution in [-0.2, 0) is 16.0 Å². The third-order valence-electron chi connectivity index (χ3n) is 5.70. The van der Waals surface area contributed by atoms with E-state index in [-0.39, 0.29) is 23.7 Å². The van der Waals surface area contributed by atoms with Crippen molar-refractivity contribution in [2.24, 2.45) is 11.8 Å². The Kier molecular flexibility index (Phi) is 4.97. The molecule has 6 heteroatoms. The highest BCUT2D eigenvalue weighted by molar-refractivity contribution is 5.96. The van der Waals surface area contributed by atoms with Crippen molar-refractivity contribution >= 4 is 23.3 Å². The minimum absolute atomic E-state index is 0.00880. The van der Waals surface area contributed by atoms with Crippen LogP contribution in [0.15, 0.2) is 34.9 Å². The predicted octanol–water partition coefficient (Wildman–Crippen LogP) is 3.71. The molecule has 1 aliphatic carbocycles. The average Bonchev–Trinajstić information content (AvgIpc) is 3.11. The van der Waals surface area contributed by atoms with Gasteiger partial charge in [-0.05, 0) is 57.1 Å². The number of aromatic nitrogens is 1. The number of anilines is 2. The highest BCUT2D eigenvalue weighted by Crippen LogP contribution is 2.34. The molecule has 2 aliphatic rings. The molecule has 1 N–H and O–H groups in total. The molecule has 6 nitrogen and oxygen atoms in total. The van der Waals surface area contributed by atoms with Gasteiger partial charge in [0.1, 0.15) is 5.76 Å². The van der Waals surface area contributed by atoms with Crippen molar-refractivity contribution in [3.8, 4) is 0 Å². The van der Waals surface area contributed by atoms with Gasteiger partial charge in [0.25, 0.3) is 0 Å². The molecule has 0 saturated heterocycles. The molecule has 1 saturated carbocycles. The Morgan fingerprint density at radius 2 is 1.89 bits per heavy atom. The van der Waals surface area contributed by atoms with Crippen molar-refractivity contribution in [1.29, 1.82) is 0 Å². The highest BCUT2D eigenvalue weighted by Gasteiger charge is 2.34. The standard InChI is InChI=1S/C21H25N3O3/c1-14-13-19(23-27-14)22-20(25)16-8-10-17(11-9-16)21(26)24-12-4-6-15-5-2-3-7-18(15)24/h2-3,5,7,13,16-17H,4,6,8-12H2,1H3,(H,22,23,25). The fourth-order valence-corrected chi connectivity index (χ4v) is 4.24. The van der Waals surface area contributed by atoms with Crippen molar-refractivity contribution in [2.45, 2.75) is 45.4 Å². The summed E-state index contributed by atoms with van der Waals surface area (Å²) in [7, 11) is 0. The van der Waals surface area contributed by atoms with Crippen LogP contribution in [0.3, 0.4) is 0 Å². The van der Waals surface area contributed by atoms with Crippen LogP contribution in [0.5, 0.6) is 0 Å². The molecule has 2 aromatic rings. The lowest BCUT2D eigenvalue weighted by atomic mass is 9.80. The van der Waals surface area contributed by atoms with Crippen LogP contribution in [0.4, 0.5) is 11.5 Å². The van der Waals surface area contributed by atoms with E-state index in [1.54, 1.807) is 13.0 Å². The molecule has 27 heavy (non-hydrogen) atoms. The fourth-order valence-electron chi connectivity index (χ4n) is 4.24. The van der Waals surface area contributed by atoms with Crippen LogP contribution in [0.2, 0.25) is 0 Å². The number of rotatable bonds is 3. The van der Waals surface area contributed by atoms with Crippen LogP contribution in [0.1, 0.15) is 43.4 Å². The number of hydrogen-bond donors (Lipinski definition) is 1. The largest absolute Gasteiger partial charge is 0.360 e. The molecule has 0 unspecified atom stereocenters. The molecule has 0 bridgehead atoms. The summed E-state index contributed by atoms with van der Waals surface area (Å²) < 4.78 is 4.98. The number of nitrogens with one attached hydrogen (secondary N) is 1. The van der Waals surface area contributed by atoms with Gasteiger partial charge in [-0.15, -0.1) is 0 Å². The second kappa shape index (κ2) is 7.55. The molecule has 142 valence electrons. The molecule has 1 aromatic carbocycles. The Hall–Kier alpha value is -2.63. The summed E-state index contributed by atoms with van der Waals surface area (Å²) in [6, 6.07) is 9.90. The number of benzene rings is 1. The van der Waals surface area contributed by atoms with Gasteiger partial charge in [-0.3, -0.25) is 9.59 Å². The first-order chi connectivity index (χ1) is 13.1. The monoisotopic (exact) mass is 367 g/mol. The third-order valence-corrected chi connectivity index (χ3v) is 5.70. The van der Waals surface area contributed by atoms with Gasteiger partial charge in [-0.1, -0.05) is 23.4 Å². The Morgan fingerprint density at radius 3 is 2.63 bits per heavy atom. The van der Waals surface area contributed by atoms with E-state index in [1.165, 1.54) is 5.56 Å². The number of para-hydroxylation sites is 1. The zero-order chi connectivity index (χ0) is 18.8. The topological polar surface area (TPSA) is 75.4 Å².